The minimum absolute atomic E-state index is 0.125. The highest BCUT2D eigenvalue weighted by molar-refractivity contribution is 8.18. The number of benzene rings is 1. The van der Waals surface area contributed by atoms with Crippen molar-refractivity contribution in [1.82, 2.24) is 4.90 Å². The largest absolute Gasteiger partial charge is 0.506 e. The van der Waals surface area contributed by atoms with Crippen LogP contribution in [0.25, 0.3) is 6.08 Å². The third kappa shape index (κ3) is 3.68. The molecule has 0 aromatic heterocycles. The van der Waals surface area contributed by atoms with Gasteiger partial charge in [-0.1, -0.05) is 17.7 Å². The summed E-state index contributed by atoms with van der Waals surface area (Å²) in [6.45, 7) is 3.25. The van der Waals surface area contributed by atoms with Crippen LogP contribution < -0.4 is 0 Å². The average molecular weight is 356 g/mol. The highest BCUT2D eigenvalue weighted by Gasteiger charge is 2.41. The number of amides is 2. The van der Waals surface area contributed by atoms with Crippen LogP contribution in [0.5, 0.6) is 5.75 Å². The van der Waals surface area contributed by atoms with Gasteiger partial charge in [-0.3, -0.25) is 14.5 Å². The van der Waals surface area contributed by atoms with E-state index in [0.717, 1.165) is 16.7 Å². The lowest BCUT2D eigenvalue weighted by Gasteiger charge is -2.19. The summed E-state index contributed by atoms with van der Waals surface area (Å²) >= 11 is 6.45. The predicted molar refractivity (Wildman–Crippen MR) is 87.0 cm³/mol. The van der Waals surface area contributed by atoms with E-state index in [4.69, 9.17) is 16.3 Å². The second-order valence-electron chi connectivity index (χ2n) is 4.69. The second-order valence-corrected chi connectivity index (χ2v) is 6.09. The Kier molecular flexibility index (Phi) is 5.33. The topological polar surface area (TPSA) is 83.9 Å². The molecule has 2 amide bonds. The first-order valence-corrected chi connectivity index (χ1v) is 7.96. The number of phenolic OH excluding ortho intramolecular Hbond substituents is 1. The number of hydrogen-bond acceptors (Lipinski definition) is 6. The second kappa shape index (κ2) is 7.06. The van der Waals surface area contributed by atoms with Gasteiger partial charge in [0.1, 0.15) is 11.8 Å². The number of carbonyl (C=O) groups excluding carboxylic acids is 3. The Morgan fingerprint density at radius 3 is 2.78 bits per heavy atom. The van der Waals surface area contributed by atoms with Crippen LogP contribution in [0.4, 0.5) is 4.79 Å². The Bertz CT molecular complexity index is 703. The van der Waals surface area contributed by atoms with Crippen molar-refractivity contribution in [2.45, 2.75) is 19.9 Å². The van der Waals surface area contributed by atoms with Gasteiger partial charge in [0.25, 0.3) is 11.1 Å². The number of carbonyl (C=O) groups is 3. The van der Waals surface area contributed by atoms with Gasteiger partial charge in [-0.2, -0.15) is 0 Å². The van der Waals surface area contributed by atoms with Crippen molar-refractivity contribution in [2.24, 2.45) is 0 Å². The summed E-state index contributed by atoms with van der Waals surface area (Å²) in [5.41, 5.74) is 0.515. The number of phenols is 1. The van der Waals surface area contributed by atoms with Gasteiger partial charge in [0.15, 0.2) is 0 Å². The summed E-state index contributed by atoms with van der Waals surface area (Å²) in [5.74, 6) is -1.34. The number of rotatable bonds is 4. The van der Waals surface area contributed by atoms with Crippen molar-refractivity contribution in [3.63, 3.8) is 0 Å². The number of halogens is 1. The third-order valence-corrected chi connectivity index (χ3v) is 4.31. The van der Waals surface area contributed by atoms with Crippen LogP contribution >= 0.6 is 23.4 Å². The van der Waals surface area contributed by atoms with Crippen LogP contribution in [0.1, 0.15) is 19.4 Å². The number of hydrogen-bond donors (Lipinski definition) is 1. The molecule has 1 fully saturated rings. The lowest BCUT2D eigenvalue weighted by Crippen LogP contribution is -2.42. The summed E-state index contributed by atoms with van der Waals surface area (Å²) in [7, 11) is 0. The van der Waals surface area contributed by atoms with Crippen molar-refractivity contribution in [1.29, 1.82) is 0 Å². The molecular formula is C15H14ClNO5S. The minimum Gasteiger partial charge on any atom is -0.506 e. The molecule has 1 saturated heterocycles. The van der Waals surface area contributed by atoms with E-state index in [1.54, 1.807) is 13.0 Å². The predicted octanol–water partition coefficient (Wildman–Crippen LogP) is 3.03. The zero-order valence-corrected chi connectivity index (χ0v) is 14.0. The molecule has 1 heterocycles. The fourth-order valence-corrected chi connectivity index (χ4v) is 2.98. The van der Waals surface area contributed by atoms with E-state index in [2.05, 4.69) is 0 Å². The summed E-state index contributed by atoms with van der Waals surface area (Å²) in [4.78, 5) is 37.1. The molecule has 1 aromatic rings. The maximum absolute atomic E-state index is 12.3. The highest BCUT2D eigenvalue weighted by atomic mass is 35.5. The molecule has 0 saturated carbocycles. The van der Waals surface area contributed by atoms with Gasteiger partial charge in [0.2, 0.25) is 0 Å². The monoisotopic (exact) mass is 355 g/mol. The van der Waals surface area contributed by atoms with E-state index in [0.29, 0.717) is 5.56 Å². The molecule has 0 bridgehead atoms. The lowest BCUT2D eigenvalue weighted by atomic mass is 10.2. The fourth-order valence-electron chi connectivity index (χ4n) is 1.95. The zero-order valence-electron chi connectivity index (χ0n) is 12.4. The van der Waals surface area contributed by atoms with Crippen LogP contribution in [0.3, 0.4) is 0 Å². The average Bonchev–Trinajstić information content (AvgIpc) is 2.77. The fraction of sp³-hybridized carbons (Fsp3) is 0.267. The van der Waals surface area contributed by atoms with Crippen LogP contribution in [0.15, 0.2) is 23.1 Å². The molecule has 0 radical (unpaired) electrons. The Hall–Kier alpha value is -1.99. The first-order chi connectivity index (χ1) is 10.8. The van der Waals surface area contributed by atoms with Crippen LogP contribution in [0, 0.1) is 0 Å². The van der Waals surface area contributed by atoms with E-state index in [9.17, 15) is 19.5 Å². The summed E-state index contributed by atoms with van der Waals surface area (Å²) in [6, 6.07) is 3.47. The highest BCUT2D eigenvalue weighted by Crippen LogP contribution is 2.34. The lowest BCUT2D eigenvalue weighted by molar-refractivity contribution is -0.150. The Balaban J connectivity index is 2.25. The van der Waals surface area contributed by atoms with Gasteiger partial charge in [0.05, 0.1) is 16.5 Å². The smallest absolute Gasteiger partial charge is 0.329 e. The van der Waals surface area contributed by atoms with Crippen LogP contribution in [0.2, 0.25) is 5.02 Å². The van der Waals surface area contributed by atoms with Crippen molar-refractivity contribution in [2.75, 3.05) is 6.61 Å². The van der Waals surface area contributed by atoms with Crippen molar-refractivity contribution in [3.8, 4) is 5.75 Å². The summed E-state index contributed by atoms with van der Waals surface area (Å²) in [6.07, 6.45) is 1.46. The van der Waals surface area contributed by atoms with Crippen molar-refractivity contribution < 1.29 is 24.2 Å². The zero-order chi connectivity index (χ0) is 17.1. The number of esters is 1. The maximum Gasteiger partial charge on any atom is 0.329 e. The molecule has 1 aromatic carbocycles. The third-order valence-electron chi connectivity index (χ3n) is 3.11. The van der Waals surface area contributed by atoms with Gasteiger partial charge in [0, 0.05) is 0 Å². The van der Waals surface area contributed by atoms with Gasteiger partial charge in [-0.05, 0) is 49.4 Å². The molecular weight excluding hydrogens is 342 g/mol. The van der Waals surface area contributed by atoms with Crippen molar-refractivity contribution >= 4 is 46.6 Å². The van der Waals surface area contributed by atoms with E-state index in [1.807, 2.05) is 0 Å². The first kappa shape index (κ1) is 17.4. The SMILES string of the molecule is CCOC(=O)C(C)N1C(=O)S/C(=C\c2ccc(Cl)c(O)c2)C1=O. The van der Waals surface area contributed by atoms with Crippen LogP contribution in [-0.2, 0) is 14.3 Å². The molecule has 0 aliphatic carbocycles. The Morgan fingerprint density at radius 1 is 1.48 bits per heavy atom. The molecule has 0 spiro atoms. The molecule has 2 rings (SSSR count). The summed E-state index contributed by atoms with van der Waals surface area (Å²) in [5, 5.41) is 9.22. The molecule has 1 aliphatic rings. The van der Waals surface area contributed by atoms with Gasteiger partial charge < -0.3 is 9.84 Å². The van der Waals surface area contributed by atoms with Gasteiger partial charge >= 0.3 is 5.97 Å². The van der Waals surface area contributed by atoms with E-state index in [-0.39, 0.29) is 22.3 Å². The quantitative estimate of drug-likeness (QED) is 0.660. The Labute approximate surface area is 142 Å². The molecule has 122 valence electrons. The molecule has 1 N–H and O–H groups in total. The normalized spacial score (nSPS) is 17.7. The number of thioether (sulfide) groups is 1. The first-order valence-electron chi connectivity index (χ1n) is 6.77. The molecule has 23 heavy (non-hydrogen) atoms. The number of aromatic hydroxyl groups is 1. The number of ether oxygens (including phenoxy) is 1. The molecule has 1 aliphatic heterocycles. The Morgan fingerprint density at radius 2 is 2.17 bits per heavy atom. The van der Waals surface area contributed by atoms with Gasteiger partial charge in [-0.15, -0.1) is 0 Å². The molecule has 6 nitrogen and oxygen atoms in total. The molecule has 1 atom stereocenters. The van der Waals surface area contributed by atoms with Gasteiger partial charge in [-0.25, -0.2) is 4.79 Å². The molecule has 1 unspecified atom stereocenters. The minimum atomic E-state index is -0.994. The summed E-state index contributed by atoms with van der Waals surface area (Å²) < 4.78 is 4.83. The standard InChI is InChI=1S/C15H14ClNO5S/c1-3-22-14(20)8(2)17-13(19)12(23-15(17)21)7-9-4-5-10(16)11(18)6-9/h4-8,18H,3H2,1-2H3/b12-7-. The van der Waals surface area contributed by atoms with E-state index >= 15 is 0 Å². The molecule has 8 heteroatoms. The van der Waals surface area contributed by atoms with E-state index in [1.165, 1.54) is 25.1 Å². The maximum atomic E-state index is 12.3. The van der Waals surface area contributed by atoms with E-state index < -0.39 is 23.2 Å². The van der Waals surface area contributed by atoms with Crippen LogP contribution in [-0.4, -0.2) is 39.8 Å². The van der Waals surface area contributed by atoms with Crippen molar-refractivity contribution in [3.05, 3.63) is 33.7 Å². The number of nitrogens with zero attached hydrogens (tertiary/aromatic N) is 1. The number of imide groups is 1.